The van der Waals surface area contributed by atoms with Crippen molar-refractivity contribution < 1.29 is 8.78 Å². The van der Waals surface area contributed by atoms with Gasteiger partial charge in [0.2, 0.25) is 0 Å². The molecular weight excluding hydrogens is 364 g/mol. The van der Waals surface area contributed by atoms with Crippen LogP contribution >= 0.6 is 0 Å². The molecule has 0 heterocycles. The quantitative estimate of drug-likeness (QED) is 0.475. The molecule has 0 atom stereocenters. The highest BCUT2D eigenvalue weighted by atomic mass is 19.1. The van der Waals surface area contributed by atoms with Crippen LogP contribution in [0.2, 0.25) is 0 Å². The zero-order valence-corrected chi connectivity index (χ0v) is 17.0. The summed E-state index contributed by atoms with van der Waals surface area (Å²) >= 11 is 0. The average molecular weight is 392 g/mol. The predicted molar refractivity (Wildman–Crippen MR) is 114 cm³/mol. The monoisotopic (exact) mass is 391 g/mol. The highest BCUT2D eigenvalue weighted by Crippen LogP contribution is 2.51. The number of halogens is 2. The number of hydrogen-bond donors (Lipinski definition) is 0. The van der Waals surface area contributed by atoms with E-state index in [2.05, 4.69) is 43.0 Å². The van der Waals surface area contributed by atoms with Crippen molar-refractivity contribution in [3.8, 4) is 0 Å². The molecule has 1 aliphatic carbocycles. The van der Waals surface area contributed by atoms with Crippen molar-refractivity contribution in [1.82, 2.24) is 4.90 Å². The topological polar surface area (TPSA) is 3.24 Å². The van der Waals surface area contributed by atoms with Crippen LogP contribution in [0.15, 0.2) is 78.9 Å². The first-order chi connectivity index (χ1) is 14.0. The molecule has 0 N–H and O–H groups in total. The summed E-state index contributed by atoms with van der Waals surface area (Å²) in [7, 11) is 0. The number of rotatable bonds is 6. The van der Waals surface area contributed by atoms with Gasteiger partial charge < -0.3 is 0 Å². The van der Waals surface area contributed by atoms with E-state index in [1.54, 1.807) is 0 Å². The number of nitrogens with zero attached hydrogens (tertiary/aromatic N) is 1. The zero-order chi connectivity index (χ0) is 20.4. The molecule has 3 heteroatoms. The maximum absolute atomic E-state index is 13.5. The standard InChI is InChI=1S/C26H27F2N/c1-19(2)29(18-20-6-4-3-5-7-20)25-16-26(17-25,21-8-12-23(27)13-9-21)22-10-14-24(28)15-11-22/h3-15,19,25H,16-18H2,1-2H3. The maximum Gasteiger partial charge on any atom is 0.123 e. The number of hydrogen-bond acceptors (Lipinski definition) is 1. The maximum atomic E-state index is 13.5. The molecule has 0 amide bonds. The van der Waals surface area contributed by atoms with Crippen LogP contribution in [0.25, 0.3) is 0 Å². The molecule has 4 rings (SSSR count). The fraction of sp³-hybridized carbons (Fsp3) is 0.308. The van der Waals surface area contributed by atoms with Crippen molar-refractivity contribution in [1.29, 1.82) is 0 Å². The van der Waals surface area contributed by atoms with Crippen molar-refractivity contribution in [2.75, 3.05) is 0 Å². The van der Waals surface area contributed by atoms with Crippen molar-refractivity contribution in [3.63, 3.8) is 0 Å². The predicted octanol–water partition coefficient (Wildman–Crippen LogP) is 6.32. The van der Waals surface area contributed by atoms with Gasteiger partial charge in [-0.15, -0.1) is 0 Å². The molecular formula is C26H27F2N. The van der Waals surface area contributed by atoms with E-state index in [0.717, 1.165) is 30.5 Å². The van der Waals surface area contributed by atoms with E-state index in [1.165, 1.54) is 29.8 Å². The zero-order valence-electron chi connectivity index (χ0n) is 17.0. The Bertz CT molecular complexity index is 879. The molecule has 1 aliphatic rings. The van der Waals surface area contributed by atoms with Gasteiger partial charge >= 0.3 is 0 Å². The molecule has 29 heavy (non-hydrogen) atoms. The Morgan fingerprint density at radius 2 is 1.28 bits per heavy atom. The molecule has 3 aromatic rings. The molecule has 3 aromatic carbocycles. The van der Waals surface area contributed by atoms with Gasteiger partial charge in [0.05, 0.1) is 0 Å². The molecule has 1 nitrogen and oxygen atoms in total. The van der Waals surface area contributed by atoms with Gasteiger partial charge in [0, 0.05) is 24.0 Å². The third-order valence-electron chi connectivity index (χ3n) is 6.30. The van der Waals surface area contributed by atoms with Crippen molar-refractivity contribution in [2.24, 2.45) is 0 Å². The summed E-state index contributed by atoms with van der Waals surface area (Å²) in [5.41, 5.74) is 3.31. The largest absolute Gasteiger partial charge is 0.294 e. The Morgan fingerprint density at radius 3 is 1.72 bits per heavy atom. The Morgan fingerprint density at radius 1 is 0.793 bits per heavy atom. The Hall–Kier alpha value is -2.52. The fourth-order valence-electron chi connectivity index (χ4n) is 4.68. The Kier molecular flexibility index (Phi) is 5.51. The minimum Gasteiger partial charge on any atom is -0.294 e. The summed E-state index contributed by atoms with van der Waals surface area (Å²) in [6, 6.07) is 25.0. The van der Waals surface area contributed by atoms with Gasteiger partial charge in [0.1, 0.15) is 11.6 Å². The second-order valence-corrected chi connectivity index (χ2v) is 8.41. The lowest BCUT2D eigenvalue weighted by atomic mass is 9.57. The lowest BCUT2D eigenvalue weighted by Crippen LogP contribution is -2.55. The van der Waals surface area contributed by atoms with Gasteiger partial charge in [-0.25, -0.2) is 8.78 Å². The third kappa shape index (κ3) is 3.97. The molecule has 150 valence electrons. The van der Waals surface area contributed by atoms with E-state index < -0.39 is 0 Å². The molecule has 0 radical (unpaired) electrons. The second kappa shape index (κ2) is 8.08. The van der Waals surface area contributed by atoms with E-state index in [1.807, 2.05) is 30.3 Å². The first-order valence-corrected chi connectivity index (χ1v) is 10.3. The first-order valence-electron chi connectivity index (χ1n) is 10.3. The number of benzene rings is 3. The van der Waals surface area contributed by atoms with E-state index in [-0.39, 0.29) is 17.0 Å². The first kappa shape index (κ1) is 19.8. The highest BCUT2D eigenvalue weighted by molar-refractivity contribution is 5.43. The van der Waals surface area contributed by atoms with Crippen LogP contribution in [-0.4, -0.2) is 17.0 Å². The van der Waals surface area contributed by atoms with Gasteiger partial charge in [0.15, 0.2) is 0 Å². The van der Waals surface area contributed by atoms with Crippen molar-refractivity contribution in [2.45, 2.75) is 50.7 Å². The van der Waals surface area contributed by atoms with Crippen LogP contribution in [0, 0.1) is 11.6 Å². The Labute approximate surface area is 172 Å². The van der Waals surface area contributed by atoms with Crippen LogP contribution in [0.1, 0.15) is 43.4 Å². The van der Waals surface area contributed by atoms with Crippen molar-refractivity contribution in [3.05, 3.63) is 107 Å². The van der Waals surface area contributed by atoms with Crippen LogP contribution < -0.4 is 0 Å². The molecule has 0 spiro atoms. The normalized spacial score (nSPS) is 16.2. The lowest BCUT2D eigenvalue weighted by Gasteiger charge is -2.54. The molecule has 1 saturated carbocycles. The Balaban J connectivity index is 1.63. The van der Waals surface area contributed by atoms with E-state index >= 15 is 0 Å². The van der Waals surface area contributed by atoms with Crippen LogP contribution in [0.3, 0.4) is 0 Å². The van der Waals surface area contributed by atoms with Gasteiger partial charge in [-0.2, -0.15) is 0 Å². The SMILES string of the molecule is CC(C)N(Cc1ccccc1)C1CC(c2ccc(F)cc2)(c2ccc(F)cc2)C1. The summed E-state index contributed by atoms with van der Waals surface area (Å²) in [5, 5.41) is 0. The second-order valence-electron chi connectivity index (χ2n) is 8.41. The van der Waals surface area contributed by atoms with Gasteiger partial charge in [-0.3, -0.25) is 4.90 Å². The van der Waals surface area contributed by atoms with Crippen LogP contribution in [0.4, 0.5) is 8.78 Å². The molecule has 0 aromatic heterocycles. The highest BCUT2D eigenvalue weighted by Gasteiger charge is 2.49. The summed E-state index contributed by atoms with van der Waals surface area (Å²) in [5.74, 6) is -0.460. The molecule has 1 fully saturated rings. The lowest BCUT2D eigenvalue weighted by molar-refractivity contribution is 0.0417. The summed E-state index contributed by atoms with van der Waals surface area (Å²) in [6.07, 6.45) is 1.88. The smallest absolute Gasteiger partial charge is 0.123 e. The van der Waals surface area contributed by atoms with Gasteiger partial charge in [0.25, 0.3) is 0 Å². The molecule has 0 bridgehead atoms. The van der Waals surface area contributed by atoms with Gasteiger partial charge in [-0.05, 0) is 67.6 Å². The minimum absolute atomic E-state index is 0.199. The minimum atomic E-state index is -0.230. The van der Waals surface area contributed by atoms with Crippen molar-refractivity contribution >= 4 is 0 Å². The van der Waals surface area contributed by atoms with E-state index in [9.17, 15) is 8.78 Å². The van der Waals surface area contributed by atoms with Crippen LogP contribution in [-0.2, 0) is 12.0 Å². The molecule has 0 saturated heterocycles. The van der Waals surface area contributed by atoms with Gasteiger partial charge in [-0.1, -0.05) is 54.6 Å². The van der Waals surface area contributed by atoms with E-state index in [0.29, 0.717) is 12.1 Å². The summed E-state index contributed by atoms with van der Waals surface area (Å²) in [4.78, 5) is 2.54. The summed E-state index contributed by atoms with van der Waals surface area (Å²) in [6.45, 7) is 5.38. The van der Waals surface area contributed by atoms with Crippen LogP contribution in [0.5, 0.6) is 0 Å². The van der Waals surface area contributed by atoms with E-state index in [4.69, 9.17) is 0 Å². The summed E-state index contributed by atoms with van der Waals surface area (Å²) < 4.78 is 27.1. The fourth-order valence-corrected chi connectivity index (χ4v) is 4.68. The molecule has 0 aliphatic heterocycles. The molecule has 0 unspecified atom stereocenters. The average Bonchev–Trinajstić information content (AvgIpc) is 2.69. The third-order valence-corrected chi connectivity index (χ3v) is 6.30.